The van der Waals surface area contributed by atoms with E-state index in [-0.39, 0.29) is 11.9 Å². The molecule has 1 heterocycles. The van der Waals surface area contributed by atoms with Gasteiger partial charge in [-0.15, -0.1) is 11.3 Å². The molecule has 3 N–H and O–H groups in total. The summed E-state index contributed by atoms with van der Waals surface area (Å²) in [5.41, 5.74) is 5.82. The standard InChI is InChI=1S/C12H17BrN2OS/c13-11-4-3-9(17-11)5-6-15-12(16)10(14)7-8-1-2-8/h3-4,8,10H,1-2,5-7,14H2,(H,15,16)/t10-/m0/s1. The van der Waals surface area contributed by atoms with Crippen LogP contribution in [-0.4, -0.2) is 18.5 Å². The van der Waals surface area contributed by atoms with Gasteiger partial charge in [0.25, 0.3) is 0 Å². The van der Waals surface area contributed by atoms with Gasteiger partial charge in [0.05, 0.1) is 9.83 Å². The quantitative estimate of drug-likeness (QED) is 0.846. The monoisotopic (exact) mass is 316 g/mol. The number of nitrogens with two attached hydrogens (primary N) is 1. The Morgan fingerprint density at radius 3 is 2.94 bits per heavy atom. The van der Waals surface area contributed by atoms with E-state index in [0.29, 0.717) is 12.5 Å². The Kier molecular flexibility index (Phi) is 4.59. The molecule has 0 spiro atoms. The molecule has 1 aliphatic rings. The van der Waals surface area contributed by atoms with Crippen molar-refractivity contribution in [2.75, 3.05) is 6.54 Å². The molecule has 0 bridgehead atoms. The Hall–Kier alpha value is -0.390. The molecule has 5 heteroatoms. The molecule has 17 heavy (non-hydrogen) atoms. The maximum atomic E-state index is 11.7. The summed E-state index contributed by atoms with van der Waals surface area (Å²) >= 11 is 5.12. The summed E-state index contributed by atoms with van der Waals surface area (Å²) in [6.45, 7) is 0.671. The molecule has 0 aliphatic heterocycles. The highest BCUT2D eigenvalue weighted by Gasteiger charge is 2.26. The topological polar surface area (TPSA) is 55.1 Å². The van der Waals surface area contributed by atoms with Gasteiger partial charge in [-0.2, -0.15) is 0 Å². The van der Waals surface area contributed by atoms with Crippen molar-refractivity contribution < 1.29 is 4.79 Å². The van der Waals surface area contributed by atoms with E-state index in [9.17, 15) is 4.79 Å². The van der Waals surface area contributed by atoms with E-state index in [4.69, 9.17) is 5.73 Å². The van der Waals surface area contributed by atoms with Gasteiger partial charge in [-0.05, 0) is 46.8 Å². The molecular formula is C12H17BrN2OS. The van der Waals surface area contributed by atoms with Gasteiger partial charge < -0.3 is 11.1 Å². The fraction of sp³-hybridized carbons (Fsp3) is 0.583. The lowest BCUT2D eigenvalue weighted by atomic mass is 10.1. The SMILES string of the molecule is N[C@@H](CC1CC1)C(=O)NCCc1ccc(Br)s1. The van der Waals surface area contributed by atoms with E-state index >= 15 is 0 Å². The van der Waals surface area contributed by atoms with Crippen molar-refractivity contribution in [3.8, 4) is 0 Å². The summed E-state index contributed by atoms with van der Waals surface area (Å²) < 4.78 is 1.13. The second-order valence-corrected chi connectivity index (χ2v) is 7.08. The van der Waals surface area contributed by atoms with E-state index < -0.39 is 0 Å². The third-order valence-electron chi connectivity index (χ3n) is 2.92. The Labute approximate surface area is 114 Å². The molecule has 1 atom stereocenters. The van der Waals surface area contributed by atoms with Crippen LogP contribution in [0.1, 0.15) is 24.1 Å². The minimum absolute atomic E-state index is 0.00692. The van der Waals surface area contributed by atoms with E-state index in [1.165, 1.54) is 17.7 Å². The maximum absolute atomic E-state index is 11.7. The first-order chi connectivity index (χ1) is 8.15. The lowest BCUT2D eigenvalue weighted by Gasteiger charge is -2.11. The van der Waals surface area contributed by atoms with Crippen molar-refractivity contribution in [1.29, 1.82) is 0 Å². The lowest BCUT2D eigenvalue weighted by Crippen LogP contribution is -2.41. The summed E-state index contributed by atoms with van der Waals surface area (Å²) in [4.78, 5) is 12.9. The van der Waals surface area contributed by atoms with Crippen LogP contribution in [0.25, 0.3) is 0 Å². The Bertz CT molecular complexity index is 390. The van der Waals surface area contributed by atoms with Crippen LogP contribution in [0.4, 0.5) is 0 Å². The van der Waals surface area contributed by atoms with E-state index in [2.05, 4.69) is 27.3 Å². The lowest BCUT2D eigenvalue weighted by molar-refractivity contribution is -0.122. The number of carbonyl (C=O) groups excluding carboxylic acids is 1. The number of halogens is 1. The normalized spacial score (nSPS) is 16.8. The van der Waals surface area contributed by atoms with Crippen LogP contribution >= 0.6 is 27.3 Å². The van der Waals surface area contributed by atoms with Gasteiger partial charge in [-0.1, -0.05) is 12.8 Å². The van der Waals surface area contributed by atoms with Crippen molar-refractivity contribution in [3.05, 3.63) is 20.8 Å². The average molecular weight is 317 g/mol. The third kappa shape index (κ3) is 4.41. The van der Waals surface area contributed by atoms with Gasteiger partial charge in [-0.25, -0.2) is 0 Å². The zero-order valence-electron chi connectivity index (χ0n) is 9.62. The number of hydrogen-bond acceptors (Lipinski definition) is 3. The van der Waals surface area contributed by atoms with Gasteiger partial charge in [0.2, 0.25) is 5.91 Å². The minimum Gasteiger partial charge on any atom is -0.354 e. The van der Waals surface area contributed by atoms with Crippen LogP contribution in [0.2, 0.25) is 0 Å². The van der Waals surface area contributed by atoms with Gasteiger partial charge in [0, 0.05) is 11.4 Å². The molecule has 1 amide bonds. The van der Waals surface area contributed by atoms with Gasteiger partial charge in [-0.3, -0.25) is 4.79 Å². The number of nitrogens with one attached hydrogen (secondary N) is 1. The molecule has 1 aromatic heterocycles. The second-order valence-electron chi connectivity index (χ2n) is 4.53. The van der Waals surface area contributed by atoms with Crippen molar-refractivity contribution in [2.24, 2.45) is 11.7 Å². The molecule has 0 radical (unpaired) electrons. The van der Waals surface area contributed by atoms with Gasteiger partial charge >= 0.3 is 0 Å². The van der Waals surface area contributed by atoms with Crippen molar-refractivity contribution in [3.63, 3.8) is 0 Å². The highest BCUT2D eigenvalue weighted by Crippen LogP contribution is 2.33. The summed E-state index contributed by atoms with van der Waals surface area (Å²) in [5, 5.41) is 2.90. The predicted molar refractivity (Wildman–Crippen MR) is 74.0 cm³/mol. The van der Waals surface area contributed by atoms with Crippen molar-refractivity contribution in [2.45, 2.75) is 31.7 Å². The number of amides is 1. The Morgan fingerprint density at radius 2 is 2.35 bits per heavy atom. The van der Waals surface area contributed by atoms with Crippen molar-refractivity contribution >= 4 is 33.2 Å². The maximum Gasteiger partial charge on any atom is 0.236 e. The van der Waals surface area contributed by atoms with E-state index in [1.807, 2.05) is 6.07 Å². The highest BCUT2D eigenvalue weighted by molar-refractivity contribution is 9.11. The number of carbonyl (C=O) groups is 1. The summed E-state index contributed by atoms with van der Waals surface area (Å²) in [5.74, 6) is 0.691. The van der Waals surface area contributed by atoms with Gasteiger partial charge in [0.1, 0.15) is 0 Å². The number of rotatable bonds is 6. The van der Waals surface area contributed by atoms with Gasteiger partial charge in [0.15, 0.2) is 0 Å². The molecule has 1 aliphatic carbocycles. The van der Waals surface area contributed by atoms with Crippen molar-refractivity contribution in [1.82, 2.24) is 5.32 Å². The number of hydrogen-bond donors (Lipinski definition) is 2. The smallest absolute Gasteiger partial charge is 0.236 e. The average Bonchev–Trinajstić information content (AvgIpc) is 3.00. The van der Waals surface area contributed by atoms with E-state index in [0.717, 1.165) is 16.6 Å². The van der Waals surface area contributed by atoms with Crippen LogP contribution in [0.3, 0.4) is 0 Å². The van der Waals surface area contributed by atoms with Crippen LogP contribution < -0.4 is 11.1 Å². The summed E-state index contributed by atoms with van der Waals surface area (Å²) in [6.07, 6.45) is 4.20. The fourth-order valence-corrected chi connectivity index (χ4v) is 3.23. The van der Waals surface area contributed by atoms with Crippen LogP contribution in [-0.2, 0) is 11.2 Å². The first kappa shape index (κ1) is 13.1. The first-order valence-corrected chi connectivity index (χ1v) is 7.53. The zero-order chi connectivity index (χ0) is 12.3. The van der Waals surface area contributed by atoms with Crippen LogP contribution in [0.15, 0.2) is 15.9 Å². The predicted octanol–water partition coefficient (Wildman–Crippen LogP) is 2.30. The molecule has 0 unspecified atom stereocenters. The Balaban J connectivity index is 1.65. The van der Waals surface area contributed by atoms with Crippen LogP contribution in [0.5, 0.6) is 0 Å². The molecular weight excluding hydrogens is 300 g/mol. The molecule has 0 aromatic carbocycles. The third-order valence-corrected chi connectivity index (χ3v) is 4.60. The summed E-state index contributed by atoms with van der Waals surface area (Å²) in [7, 11) is 0. The Morgan fingerprint density at radius 1 is 1.59 bits per heavy atom. The minimum atomic E-state index is -0.322. The number of thiophene rings is 1. The first-order valence-electron chi connectivity index (χ1n) is 5.92. The molecule has 2 rings (SSSR count). The molecule has 94 valence electrons. The zero-order valence-corrected chi connectivity index (χ0v) is 12.0. The van der Waals surface area contributed by atoms with Crippen LogP contribution in [0, 0.1) is 5.92 Å². The molecule has 1 saturated carbocycles. The second kappa shape index (κ2) is 5.98. The molecule has 1 fully saturated rings. The molecule has 0 saturated heterocycles. The summed E-state index contributed by atoms with van der Waals surface area (Å²) in [6, 6.07) is 3.78. The largest absolute Gasteiger partial charge is 0.354 e. The fourth-order valence-electron chi connectivity index (χ4n) is 1.75. The molecule has 1 aromatic rings. The van der Waals surface area contributed by atoms with E-state index in [1.54, 1.807) is 11.3 Å². The highest BCUT2D eigenvalue weighted by atomic mass is 79.9. The molecule has 3 nitrogen and oxygen atoms in total.